The third kappa shape index (κ3) is 5.01. The molecule has 9 nitrogen and oxygen atoms in total. The Labute approximate surface area is 220 Å². The summed E-state index contributed by atoms with van der Waals surface area (Å²) in [5.41, 5.74) is 1.04. The van der Waals surface area contributed by atoms with E-state index in [1.165, 1.54) is 15.3 Å². The first-order chi connectivity index (χ1) is 17.8. The Morgan fingerprint density at radius 3 is 2.41 bits per heavy atom. The highest BCUT2D eigenvalue weighted by Crippen LogP contribution is 2.30. The average Bonchev–Trinajstić information content (AvgIpc) is 2.92. The molecule has 2 aliphatic heterocycles. The Balaban J connectivity index is 1.31. The molecule has 1 unspecified atom stereocenters. The number of carboxylic acids is 1. The van der Waals surface area contributed by atoms with Gasteiger partial charge >= 0.3 is 5.97 Å². The first-order valence-corrected chi connectivity index (χ1v) is 13.9. The zero-order valence-electron chi connectivity index (χ0n) is 20.0. The number of piperazine rings is 1. The van der Waals surface area contributed by atoms with E-state index in [0.717, 1.165) is 5.69 Å². The lowest BCUT2D eigenvalue weighted by Crippen LogP contribution is -2.60. The van der Waals surface area contributed by atoms with Gasteiger partial charge in [-0.2, -0.15) is 4.31 Å². The van der Waals surface area contributed by atoms with Crippen LogP contribution in [0.15, 0.2) is 65.8 Å². The maximum atomic E-state index is 13.6. The van der Waals surface area contributed by atoms with Crippen molar-refractivity contribution in [3.05, 3.63) is 65.9 Å². The number of pyridine rings is 1. The van der Waals surface area contributed by atoms with Crippen molar-refractivity contribution in [1.82, 2.24) is 14.2 Å². The molecule has 1 aromatic heterocycles. The molecule has 11 heteroatoms. The zero-order valence-corrected chi connectivity index (χ0v) is 21.6. The van der Waals surface area contributed by atoms with Gasteiger partial charge in [0.15, 0.2) is 0 Å². The Bertz CT molecular complexity index is 1430. The Kier molecular flexibility index (Phi) is 7.06. The lowest BCUT2D eigenvalue weighted by atomic mass is 9.94. The molecule has 3 heterocycles. The van der Waals surface area contributed by atoms with Gasteiger partial charge in [-0.05, 0) is 48.6 Å². The molecule has 5 rings (SSSR count). The molecule has 0 spiro atoms. The number of aliphatic carboxylic acids is 1. The second-order valence-corrected chi connectivity index (χ2v) is 11.7. The highest BCUT2D eigenvalue weighted by molar-refractivity contribution is 7.89. The van der Waals surface area contributed by atoms with Crippen LogP contribution in [0.2, 0.25) is 5.02 Å². The number of sulfonamides is 1. The molecule has 0 bridgehead atoms. The molecule has 0 aliphatic carbocycles. The summed E-state index contributed by atoms with van der Waals surface area (Å²) in [6, 6.07) is 12.5. The van der Waals surface area contributed by atoms with Crippen molar-refractivity contribution in [2.24, 2.45) is 5.92 Å². The van der Waals surface area contributed by atoms with Crippen molar-refractivity contribution in [2.75, 3.05) is 37.6 Å². The summed E-state index contributed by atoms with van der Waals surface area (Å²) in [4.78, 5) is 33.3. The number of piperidine rings is 1. The minimum Gasteiger partial charge on any atom is -0.480 e. The molecule has 2 fully saturated rings. The minimum atomic E-state index is -4.00. The summed E-state index contributed by atoms with van der Waals surface area (Å²) in [5.74, 6) is -1.74. The van der Waals surface area contributed by atoms with Crippen LogP contribution < -0.4 is 4.90 Å². The Morgan fingerprint density at radius 1 is 0.973 bits per heavy atom. The number of benzene rings is 2. The molecule has 194 valence electrons. The SMILES string of the molecule is O=C(O)C1CN(S(=O)(=O)c2cccc3cc(Cl)ccc23)CCN1C(=O)C1CCN(c2ccncc2)CC1. The van der Waals surface area contributed by atoms with Crippen LogP contribution in [0.3, 0.4) is 0 Å². The van der Waals surface area contributed by atoms with E-state index >= 15 is 0 Å². The van der Waals surface area contributed by atoms with Crippen molar-refractivity contribution in [1.29, 1.82) is 0 Å². The lowest BCUT2D eigenvalue weighted by Gasteiger charge is -2.41. The van der Waals surface area contributed by atoms with E-state index in [1.54, 1.807) is 42.7 Å². The number of fused-ring (bicyclic) bond motifs is 1. The lowest BCUT2D eigenvalue weighted by molar-refractivity contribution is -0.154. The summed E-state index contributed by atoms with van der Waals surface area (Å²) in [7, 11) is -4.00. The maximum Gasteiger partial charge on any atom is 0.327 e. The first kappa shape index (κ1) is 25.4. The standard InChI is InChI=1S/C26H27ClN4O5S/c27-20-4-5-22-19(16-20)2-1-3-24(22)37(35,36)30-14-15-31(23(17-30)26(33)34)25(32)18-8-12-29(13-9-18)21-6-10-28-11-7-21/h1-7,10-11,16,18,23H,8-9,12-15,17H2,(H,33,34). The van der Waals surface area contributed by atoms with Gasteiger partial charge in [0.05, 0.1) is 4.90 Å². The van der Waals surface area contributed by atoms with Gasteiger partial charge in [-0.25, -0.2) is 13.2 Å². The minimum absolute atomic E-state index is 0.0240. The number of rotatable bonds is 5. The molecule has 1 atom stereocenters. The van der Waals surface area contributed by atoms with Crippen LogP contribution >= 0.6 is 11.6 Å². The van der Waals surface area contributed by atoms with E-state index in [-0.39, 0.29) is 36.4 Å². The quantitative estimate of drug-likeness (QED) is 0.527. The zero-order chi connectivity index (χ0) is 26.2. The van der Waals surface area contributed by atoms with Gasteiger partial charge in [0, 0.05) is 67.1 Å². The predicted molar refractivity (Wildman–Crippen MR) is 140 cm³/mol. The summed E-state index contributed by atoms with van der Waals surface area (Å²) < 4.78 is 28.4. The van der Waals surface area contributed by atoms with E-state index in [4.69, 9.17) is 11.6 Å². The van der Waals surface area contributed by atoms with Crippen LogP contribution in [0.1, 0.15) is 12.8 Å². The molecule has 0 saturated carbocycles. The summed E-state index contributed by atoms with van der Waals surface area (Å²) >= 11 is 6.07. The smallest absolute Gasteiger partial charge is 0.327 e. The predicted octanol–water partition coefficient (Wildman–Crippen LogP) is 3.09. The number of carbonyl (C=O) groups is 2. The first-order valence-electron chi connectivity index (χ1n) is 12.1. The highest BCUT2D eigenvalue weighted by atomic mass is 35.5. The highest BCUT2D eigenvalue weighted by Gasteiger charge is 2.42. The largest absolute Gasteiger partial charge is 0.480 e. The molecule has 2 aliphatic rings. The molecular weight excluding hydrogens is 516 g/mol. The number of carbonyl (C=O) groups excluding carboxylic acids is 1. The second-order valence-electron chi connectivity index (χ2n) is 9.34. The van der Waals surface area contributed by atoms with Crippen LogP contribution in [-0.2, 0) is 19.6 Å². The van der Waals surface area contributed by atoms with Gasteiger partial charge in [0.1, 0.15) is 6.04 Å². The Hall–Kier alpha value is -3.21. The molecule has 2 aromatic carbocycles. The van der Waals surface area contributed by atoms with Crippen molar-refractivity contribution in [2.45, 2.75) is 23.8 Å². The number of carboxylic acid groups (broad SMARTS) is 1. The molecule has 1 N–H and O–H groups in total. The molecule has 2 saturated heterocycles. The van der Waals surface area contributed by atoms with Crippen molar-refractivity contribution in [3.63, 3.8) is 0 Å². The van der Waals surface area contributed by atoms with Crippen LogP contribution in [-0.4, -0.2) is 78.4 Å². The van der Waals surface area contributed by atoms with E-state index in [0.29, 0.717) is 41.7 Å². The van der Waals surface area contributed by atoms with Crippen LogP contribution in [0.5, 0.6) is 0 Å². The Morgan fingerprint density at radius 2 is 1.70 bits per heavy atom. The fourth-order valence-corrected chi connectivity index (χ4v) is 7.05. The van der Waals surface area contributed by atoms with Crippen LogP contribution in [0, 0.1) is 5.92 Å². The average molecular weight is 543 g/mol. The van der Waals surface area contributed by atoms with Gasteiger partial charge in [-0.15, -0.1) is 0 Å². The fraction of sp³-hybridized carbons (Fsp3) is 0.346. The van der Waals surface area contributed by atoms with E-state index in [1.807, 2.05) is 12.1 Å². The summed E-state index contributed by atoms with van der Waals surface area (Å²) in [6.07, 6.45) is 4.66. The summed E-state index contributed by atoms with van der Waals surface area (Å²) in [5, 5.41) is 11.6. The maximum absolute atomic E-state index is 13.6. The van der Waals surface area contributed by atoms with Crippen molar-refractivity contribution < 1.29 is 23.1 Å². The number of aromatic nitrogens is 1. The molecular formula is C26H27ClN4O5S. The number of hydrogen-bond acceptors (Lipinski definition) is 6. The van der Waals surface area contributed by atoms with Gasteiger partial charge in [0.25, 0.3) is 0 Å². The summed E-state index contributed by atoms with van der Waals surface area (Å²) in [6.45, 7) is 1.10. The van der Waals surface area contributed by atoms with E-state index < -0.39 is 22.0 Å². The topological polar surface area (TPSA) is 111 Å². The van der Waals surface area contributed by atoms with Gasteiger partial charge in [0.2, 0.25) is 15.9 Å². The normalized spacial score (nSPS) is 19.8. The third-order valence-corrected chi connectivity index (χ3v) is 9.36. The van der Waals surface area contributed by atoms with Gasteiger partial charge < -0.3 is 14.9 Å². The van der Waals surface area contributed by atoms with Gasteiger partial charge in [-0.1, -0.05) is 29.8 Å². The van der Waals surface area contributed by atoms with Crippen molar-refractivity contribution >= 4 is 50.0 Å². The third-order valence-electron chi connectivity index (χ3n) is 7.20. The monoisotopic (exact) mass is 542 g/mol. The molecule has 1 amide bonds. The van der Waals surface area contributed by atoms with Crippen LogP contribution in [0.4, 0.5) is 5.69 Å². The number of halogens is 1. The van der Waals surface area contributed by atoms with Crippen LogP contribution in [0.25, 0.3) is 10.8 Å². The van der Waals surface area contributed by atoms with Crippen molar-refractivity contribution in [3.8, 4) is 0 Å². The number of amides is 1. The van der Waals surface area contributed by atoms with Gasteiger partial charge in [-0.3, -0.25) is 9.78 Å². The van der Waals surface area contributed by atoms with E-state index in [9.17, 15) is 23.1 Å². The fourth-order valence-electron chi connectivity index (χ4n) is 5.21. The van der Waals surface area contributed by atoms with E-state index in [2.05, 4.69) is 9.88 Å². The number of hydrogen-bond donors (Lipinski definition) is 1. The molecule has 0 radical (unpaired) electrons. The number of anilines is 1. The second kappa shape index (κ2) is 10.3. The molecule has 37 heavy (non-hydrogen) atoms. The molecule has 3 aromatic rings. The number of nitrogens with zero attached hydrogens (tertiary/aromatic N) is 4.